The van der Waals surface area contributed by atoms with Crippen molar-refractivity contribution < 1.29 is 31.9 Å². The van der Waals surface area contributed by atoms with E-state index < -0.39 is 32.2 Å². The molecule has 0 saturated carbocycles. The monoisotopic (exact) mass is 522 g/mol. The molecule has 0 bridgehead atoms. The summed E-state index contributed by atoms with van der Waals surface area (Å²) in [7, 11) is -1.19. The van der Waals surface area contributed by atoms with E-state index in [0.717, 1.165) is 7.11 Å². The summed E-state index contributed by atoms with van der Waals surface area (Å²) in [4.78, 5) is 12.6. The van der Waals surface area contributed by atoms with Gasteiger partial charge in [-0.25, -0.2) is 4.79 Å². The summed E-state index contributed by atoms with van der Waals surface area (Å²) in [5.74, 6) is -1.49. The lowest BCUT2D eigenvalue weighted by Gasteiger charge is -2.41. The van der Waals surface area contributed by atoms with Crippen molar-refractivity contribution in [1.29, 1.82) is 0 Å². The number of hydrogen-bond acceptors (Lipinski definition) is 4. The van der Waals surface area contributed by atoms with E-state index in [1.807, 2.05) is 0 Å². The summed E-state index contributed by atoms with van der Waals surface area (Å²) < 4.78 is 58.6. The molecule has 4 nitrogen and oxygen atoms in total. The van der Waals surface area contributed by atoms with E-state index in [4.69, 9.17) is 13.9 Å². The SMILES string of the molecule is CO[C@@](C(=O)O[C@H]1C=C[C@H](O[Si](C)(C)C(C)(C)C)[C@@H](Br)C1)(c1ccccc1)C(F)(F)F. The second-order valence-corrected chi connectivity index (χ2v) is 15.1. The molecule has 1 aromatic rings. The summed E-state index contributed by atoms with van der Waals surface area (Å²) in [6.45, 7) is 10.6. The van der Waals surface area contributed by atoms with E-state index in [2.05, 4.69) is 49.8 Å². The van der Waals surface area contributed by atoms with Crippen LogP contribution >= 0.6 is 15.9 Å². The Kier molecular flexibility index (Phi) is 7.89. The maximum Gasteiger partial charge on any atom is 0.432 e. The first kappa shape index (κ1) is 26.1. The Bertz CT molecular complexity index is 792. The van der Waals surface area contributed by atoms with E-state index >= 15 is 0 Å². The maximum absolute atomic E-state index is 14.0. The Morgan fingerprint density at radius 2 is 1.68 bits per heavy atom. The third-order valence-corrected chi connectivity index (χ3v) is 11.4. The third kappa shape index (κ3) is 5.43. The summed E-state index contributed by atoms with van der Waals surface area (Å²) in [5, 5.41) is 0.0112. The van der Waals surface area contributed by atoms with E-state index in [1.54, 1.807) is 18.2 Å². The number of halogens is 4. The van der Waals surface area contributed by atoms with Gasteiger partial charge < -0.3 is 13.9 Å². The number of methoxy groups -OCH3 is 1. The summed E-state index contributed by atoms with van der Waals surface area (Å²) in [5.41, 5.74) is -3.53. The van der Waals surface area contributed by atoms with Crippen LogP contribution < -0.4 is 0 Å². The molecule has 4 atom stereocenters. The zero-order chi connectivity index (χ0) is 23.7. The molecule has 1 aliphatic carbocycles. The highest BCUT2D eigenvalue weighted by Gasteiger charge is 2.64. The van der Waals surface area contributed by atoms with Gasteiger partial charge in [0.2, 0.25) is 0 Å². The number of alkyl halides is 4. The average Bonchev–Trinajstić information content (AvgIpc) is 2.63. The Morgan fingerprint density at radius 3 is 2.13 bits per heavy atom. The molecule has 0 spiro atoms. The van der Waals surface area contributed by atoms with Crippen LogP contribution in [0.4, 0.5) is 13.2 Å². The van der Waals surface area contributed by atoms with Crippen LogP contribution in [0.25, 0.3) is 0 Å². The van der Waals surface area contributed by atoms with Gasteiger partial charge in [-0.2, -0.15) is 13.2 Å². The number of carbonyl (C=O) groups excluding carboxylic acids is 1. The second-order valence-electron chi connectivity index (χ2n) is 9.17. The number of carbonyl (C=O) groups is 1. The summed E-state index contributed by atoms with van der Waals surface area (Å²) in [6, 6.07) is 6.80. The third-order valence-electron chi connectivity index (χ3n) is 6.00. The highest BCUT2D eigenvalue weighted by molar-refractivity contribution is 9.09. The van der Waals surface area contributed by atoms with Crippen molar-refractivity contribution in [3.8, 4) is 0 Å². The average molecular weight is 523 g/mol. The Balaban J connectivity index is 2.23. The molecule has 9 heteroatoms. The first-order chi connectivity index (χ1) is 14.2. The minimum absolute atomic E-state index is 0.0112. The van der Waals surface area contributed by atoms with E-state index in [-0.39, 0.29) is 28.0 Å². The van der Waals surface area contributed by atoms with Gasteiger partial charge in [-0.15, -0.1) is 0 Å². The molecule has 1 aromatic carbocycles. The molecule has 0 heterocycles. The van der Waals surface area contributed by atoms with Crippen LogP contribution in [0.1, 0.15) is 32.8 Å². The molecule has 31 heavy (non-hydrogen) atoms. The van der Waals surface area contributed by atoms with Gasteiger partial charge in [-0.1, -0.05) is 73.1 Å². The molecule has 174 valence electrons. The summed E-state index contributed by atoms with van der Waals surface area (Å²) >= 11 is 3.56. The van der Waals surface area contributed by atoms with Crippen LogP contribution in [-0.2, 0) is 24.3 Å². The van der Waals surface area contributed by atoms with Crippen LogP contribution in [0.5, 0.6) is 0 Å². The first-order valence-electron chi connectivity index (χ1n) is 10.0. The Labute approximate surface area is 191 Å². The number of benzene rings is 1. The molecule has 0 saturated heterocycles. The highest BCUT2D eigenvalue weighted by Crippen LogP contribution is 2.44. The molecule has 0 N–H and O–H groups in total. The van der Waals surface area contributed by atoms with Crippen molar-refractivity contribution in [3.63, 3.8) is 0 Å². The van der Waals surface area contributed by atoms with Gasteiger partial charge in [0, 0.05) is 23.9 Å². The van der Waals surface area contributed by atoms with E-state index in [0.29, 0.717) is 0 Å². The quantitative estimate of drug-likeness (QED) is 0.195. The lowest BCUT2D eigenvalue weighted by atomic mass is 9.92. The fraction of sp³-hybridized carbons (Fsp3) is 0.591. The molecular formula is C22H30BrF3O4Si. The van der Waals surface area contributed by atoms with E-state index in [9.17, 15) is 18.0 Å². The summed E-state index contributed by atoms with van der Waals surface area (Å²) in [6.07, 6.45) is -2.45. The van der Waals surface area contributed by atoms with Crippen molar-refractivity contribution in [2.24, 2.45) is 0 Å². The van der Waals surface area contributed by atoms with Gasteiger partial charge in [0.1, 0.15) is 6.10 Å². The largest absolute Gasteiger partial charge is 0.455 e. The first-order valence-corrected chi connectivity index (χ1v) is 13.9. The van der Waals surface area contributed by atoms with E-state index in [1.165, 1.54) is 24.3 Å². The van der Waals surface area contributed by atoms with Crippen molar-refractivity contribution in [2.45, 2.75) is 74.1 Å². The maximum atomic E-state index is 14.0. The molecule has 1 aliphatic rings. The van der Waals surface area contributed by atoms with Gasteiger partial charge in [-0.05, 0) is 24.2 Å². The predicted octanol–water partition coefficient (Wildman–Crippen LogP) is 6.12. The topological polar surface area (TPSA) is 44.8 Å². The normalized spacial score (nSPS) is 24.5. The minimum atomic E-state index is -5.00. The molecular weight excluding hydrogens is 493 g/mol. The van der Waals surface area contributed by atoms with Crippen LogP contribution in [0.3, 0.4) is 0 Å². The number of esters is 1. The zero-order valence-electron chi connectivity index (χ0n) is 18.6. The molecule has 0 fully saturated rings. The highest BCUT2D eigenvalue weighted by atomic mass is 79.9. The predicted molar refractivity (Wildman–Crippen MR) is 120 cm³/mol. The fourth-order valence-corrected chi connectivity index (χ4v) is 5.24. The molecule has 0 aliphatic heterocycles. The molecule has 0 unspecified atom stereocenters. The van der Waals surface area contributed by atoms with Crippen LogP contribution in [0.2, 0.25) is 18.1 Å². The van der Waals surface area contributed by atoms with Crippen molar-refractivity contribution in [2.75, 3.05) is 7.11 Å². The second kappa shape index (κ2) is 9.37. The number of rotatable bonds is 6. The smallest absolute Gasteiger partial charge is 0.432 e. The lowest BCUT2D eigenvalue weighted by molar-refractivity contribution is -0.277. The Morgan fingerprint density at radius 1 is 1.10 bits per heavy atom. The van der Waals surface area contributed by atoms with Gasteiger partial charge in [0.15, 0.2) is 8.32 Å². The molecule has 2 rings (SSSR count). The minimum Gasteiger partial charge on any atom is -0.455 e. The number of hydrogen-bond donors (Lipinski definition) is 0. The zero-order valence-corrected chi connectivity index (χ0v) is 21.2. The molecule has 0 amide bonds. The Hall–Kier alpha value is -1.16. The van der Waals surface area contributed by atoms with Crippen LogP contribution in [0, 0.1) is 0 Å². The molecule has 0 radical (unpaired) electrons. The van der Waals surface area contributed by atoms with Crippen LogP contribution in [0.15, 0.2) is 42.5 Å². The number of ether oxygens (including phenoxy) is 2. The van der Waals surface area contributed by atoms with Gasteiger partial charge in [-0.3, -0.25) is 0 Å². The lowest BCUT2D eigenvalue weighted by Crippen LogP contribution is -2.53. The fourth-order valence-electron chi connectivity index (χ4n) is 3.11. The van der Waals surface area contributed by atoms with Gasteiger partial charge in [0.05, 0.1) is 6.10 Å². The molecule has 0 aromatic heterocycles. The van der Waals surface area contributed by atoms with Crippen molar-refractivity contribution in [3.05, 3.63) is 48.0 Å². The van der Waals surface area contributed by atoms with Gasteiger partial charge in [0.25, 0.3) is 5.60 Å². The van der Waals surface area contributed by atoms with Crippen molar-refractivity contribution in [1.82, 2.24) is 0 Å². The van der Waals surface area contributed by atoms with Crippen molar-refractivity contribution >= 4 is 30.2 Å². The standard InChI is InChI=1S/C22H30BrF3O4Si/c1-20(2,3)31(5,6)30-18-13-12-16(14-17(18)23)29-19(27)21(28-4,22(24,25)26)15-10-8-7-9-11-15/h7-13,16-18H,14H2,1-6H3/t16-,17-,18-,21+/m0/s1. The van der Waals surface area contributed by atoms with Crippen LogP contribution in [-0.4, -0.2) is 44.6 Å². The van der Waals surface area contributed by atoms with Gasteiger partial charge >= 0.3 is 12.1 Å².